The van der Waals surface area contributed by atoms with Gasteiger partial charge in [0.1, 0.15) is 5.54 Å². The minimum atomic E-state index is -0.663. The second-order valence-electron chi connectivity index (χ2n) is 7.86. The molecule has 0 radical (unpaired) electrons. The zero-order valence-corrected chi connectivity index (χ0v) is 15.8. The van der Waals surface area contributed by atoms with E-state index in [1.165, 1.54) is 0 Å². The second-order valence-corrected chi connectivity index (χ2v) is 7.86. The van der Waals surface area contributed by atoms with E-state index in [4.69, 9.17) is 0 Å². The average molecular weight is 344 g/mol. The van der Waals surface area contributed by atoms with Gasteiger partial charge in [-0.3, -0.25) is 9.59 Å². The number of amides is 2. The van der Waals surface area contributed by atoms with Crippen molar-refractivity contribution in [3.63, 3.8) is 0 Å². The lowest BCUT2D eigenvalue weighted by Crippen LogP contribution is -2.78. The molecule has 1 aromatic rings. The van der Waals surface area contributed by atoms with Crippen LogP contribution in [0.15, 0.2) is 18.5 Å². The van der Waals surface area contributed by atoms with Crippen LogP contribution in [0.4, 0.5) is 0 Å². The third-order valence-electron chi connectivity index (χ3n) is 5.68. The summed E-state index contributed by atoms with van der Waals surface area (Å²) >= 11 is 0. The Hall–Kier alpha value is -1.98. The van der Waals surface area contributed by atoms with Gasteiger partial charge in [-0.1, -0.05) is 27.7 Å². The number of hydrogen-bond acceptors (Lipinski definition) is 4. The maximum Gasteiger partial charge on any atom is 0.251 e. The fraction of sp³-hybridized carbons (Fsp3) is 0.684. The lowest BCUT2D eigenvalue weighted by Gasteiger charge is -2.59. The largest absolute Gasteiger partial charge is 0.326 e. The van der Waals surface area contributed by atoms with Gasteiger partial charge in [0.2, 0.25) is 5.91 Å². The van der Waals surface area contributed by atoms with Gasteiger partial charge in [-0.2, -0.15) is 0 Å². The van der Waals surface area contributed by atoms with Gasteiger partial charge in [-0.25, -0.2) is 9.97 Å². The Morgan fingerprint density at radius 3 is 2.40 bits per heavy atom. The minimum absolute atomic E-state index is 0.0265. The monoisotopic (exact) mass is 344 g/mol. The van der Waals surface area contributed by atoms with Gasteiger partial charge >= 0.3 is 0 Å². The van der Waals surface area contributed by atoms with E-state index in [0.29, 0.717) is 12.4 Å². The van der Waals surface area contributed by atoms with Gasteiger partial charge in [0.25, 0.3) is 5.91 Å². The SMILES string of the molecule is CC(C)C(=O)N1CCCC12C(=O)N([C@H](c1ncccn1)C(C)C)C2C. The molecule has 2 aliphatic rings. The number of carbonyl (C=O) groups excluding carboxylic acids is 2. The Morgan fingerprint density at radius 1 is 1.24 bits per heavy atom. The lowest BCUT2D eigenvalue weighted by molar-refractivity contribution is -0.185. The number of rotatable bonds is 4. The summed E-state index contributed by atoms with van der Waals surface area (Å²) < 4.78 is 0. The molecule has 136 valence electrons. The number of nitrogens with zero attached hydrogens (tertiary/aromatic N) is 4. The molecule has 6 heteroatoms. The number of hydrogen-bond donors (Lipinski definition) is 0. The highest BCUT2D eigenvalue weighted by molar-refractivity contribution is 5.99. The molecular formula is C19H28N4O2. The van der Waals surface area contributed by atoms with Gasteiger partial charge in [-0.15, -0.1) is 0 Å². The molecule has 0 aliphatic carbocycles. The summed E-state index contributed by atoms with van der Waals surface area (Å²) in [5.41, 5.74) is -0.663. The standard InChI is InChI=1S/C19H28N4O2/c1-12(2)15(16-20-9-7-10-21-16)23-14(5)19(18(23)25)8-6-11-22(19)17(24)13(3)4/h7,9-10,12-15H,6,8,11H2,1-5H3/t14?,15-,19?/m0/s1. The summed E-state index contributed by atoms with van der Waals surface area (Å²) in [4.78, 5) is 38.5. The van der Waals surface area contributed by atoms with Crippen LogP contribution in [-0.2, 0) is 9.59 Å². The molecule has 2 unspecified atom stereocenters. The lowest BCUT2D eigenvalue weighted by atomic mass is 9.74. The van der Waals surface area contributed by atoms with E-state index in [2.05, 4.69) is 30.7 Å². The number of likely N-dealkylation sites (tertiary alicyclic amines) is 2. The van der Waals surface area contributed by atoms with Crippen LogP contribution in [0.5, 0.6) is 0 Å². The molecule has 0 N–H and O–H groups in total. The molecule has 2 fully saturated rings. The molecule has 3 heterocycles. The van der Waals surface area contributed by atoms with Crippen LogP contribution in [0.25, 0.3) is 0 Å². The first-order chi connectivity index (χ1) is 11.8. The van der Waals surface area contributed by atoms with Crippen LogP contribution < -0.4 is 0 Å². The second kappa shape index (κ2) is 6.39. The van der Waals surface area contributed by atoms with E-state index in [1.807, 2.05) is 23.6 Å². The van der Waals surface area contributed by atoms with Crippen molar-refractivity contribution >= 4 is 11.8 Å². The van der Waals surface area contributed by atoms with Crippen molar-refractivity contribution in [2.45, 2.75) is 65.1 Å². The summed E-state index contributed by atoms with van der Waals surface area (Å²) in [5.74, 6) is 0.906. The van der Waals surface area contributed by atoms with E-state index < -0.39 is 5.54 Å². The maximum atomic E-state index is 13.3. The van der Waals surface area contributed by atoms with Crippen LogP contribution in [-0.4, -0.2) is 49.7 Å². The highest BCUT2D eigenvalue weighted by Crippen LogP contribution is 2.49. The van der Waals surface area contributed by atoms with E-state index in [9.17, 15) is 9.59 Å². The quantitative estimate of drug-likeness (QED) is 0.787. The fourth-order valence-corrected chi connectivity index (χ4v) is 4.43. The third-order valence-corrected chi connectivity index (χ3v) is 5.68. The van der Waals surface area contributed by atoms with Crippen LogP contribution >= 0.6 is 0 Å². The summed E-state index contributed by atoms with van der Waals surface area (Å²) in [5, 5.41) is 0. The molecule has 2 aliphatic heterocycles. The molecule has 3 rings (SSSR count). The molecule has 6 nitrogen and oxygen atoms in total. The van der Waals surface area contributed by atoms with Gasteiger partial charge < -0.3 is 9.80 Å². The van der Waals surface area contributed by atoms with Gasteiger partial charge in [0.15, 0.2) is 5.82 Å². The average Bonchev–Trinajstić information content (AvgIpc) is 3.06. The summed E-state index contributed by atoms with van der Waals surface area (Å²) in [7, 11) is 0. The van der Waals surface area contributed by atoms with Crippen molar-refractivity contribution in [3.8, 4) is 0 Å². The number of aromatic nitrogens is 2. The predicted octanol–water partition coefficient (Wildman–Crippen LogP) is 2.42. The first kappa shape index (κ1) is 17.8. The molecule has 1 spiro atoms. The fourth-order valence-electron chi connectivity index (χ4n) is 4.43. The van der Waals surface area contributed by atoms with Crippen molar-refractivity contribution in [1.82, 2.24) is 19.8 Å². The topological polar surface area (TPSA) is 66.4 Å². The zero-order chi connectivity index (χ0) is 18.4. The van der Waals surface area contributed by atoms with Crippen molar-refractivity contribution in [2.75, 3.05) is 6.54 Å². The van der Waals surface area contributed by atoms with Crippen LogP contribution in [0.3, 0.4) is 0 Å². The summed E-state index contributed by atoms with van der Waals surface area (Å²) in [6.45, 7) is 10.7. The summed E-state index contributed by atoms with van der Waals surface area (Å²) in [6, 6.07) is 1.59. The van der Waals surface area contributed by atoms with Crippen molar-refractivity contribution < 1.29 is 9.59 Å². The normalized spacial score (nSPS) is 27.3. The first-order valence-corrected chi connectivity index (χ1v) is 9.23. The van der Waals surface area contributed by atoms with Gasteiger partial charge in [0, 0.05) is 24.9 Å². The predicted molar refractivity (Wildman–Crippen MR) is 94.4 cm³/mol. The molecule has 1 aromatic heterocycles. The highest BCUT2D eigenvalue weighted by atomic mass is 16.2. The minimum Gasteiger partial charge on any atom is -0.326 e. The van der Waals surface area contributed by atoms with Gasteiger partial charge in [-0.05, 0) is 31.7 Å². The van der Waals surface area contributed by atoms with E-state index in [-0.39, 0.29) is 35.7 Å². The Labute approximate surface area is 149 Å². The Balaban J connectivity index is 1.92. The molecule has 0 bridgehead atoms. The van der Waals surface area contributed by atoms with E-state index in [0.717, 1.165) is 12.8 Å². The Bertz CT molecular complexity index is 661. The molecular weight excluding hydrogens is 316 g/mol. The Kier molecular flexibility index (Phi) is 4.56. The molecule has 3 atom stereocenters. The molecule has 0 aromatic carbocycles. The highest BCUT2D eigenvalue weighted by Gasteiger charge is 2.66. The Morgan fingerprint density at radius 2 is 1.88 bits per heavy atom. The van der Waals surface area contributed by atoms with E-state index in [1.54, 1.807) is 18.5 Å². The van der Waals surface area contributed by atoms with Crippen LogP contribution in [0, 0.1) is 11.8 Å². The van der Waals surface area contributed by atoms with Crippen molar-refractivity contribution in [3.05, 3.63) is 24.3 Å². The molecule has 2 amide bonds. The van der Waals surface area contributed by atoms with E-state index >= 15 is 0 Å². The van der Waals surface area contributed by atoms with Crippen molar-refractivity contribution in [2.24, 2.45) is 11.8 Å². The number of β-lactam (4-membered cyclic amide) rings is 1. The number of carbonyl (C=O) groups is 2. The zero-order valence-electron chi connectivity index (χ0n) is 15.8. The smallest absolute Gasteiger partial charge is 0.251 e. The molecule has 0 saturated carbocycles. The first-order valence-electron chi connectivity index (χ1n) is 9.23. The van der Waals surface area contributed by atoms with Crippen LogP contribution in [0.2, 0.25) is 0 Å². The maximum absolute atomic E-state index is 13.3. The van der Waals surface area contributed by atoms with Gasteiger partial charge in [0.05, 0.1) is 12.1 Å². The van der Waals surface area contributed by atoms with Crippen molar-refractivity contribution in [1.29, 1.82) is 0 Å². The molecule has 25 heavy (non-hydrogen) atoms. The summed E-state index contributed by atoms with van der Waals surface area (Å²) in [6.07, 6.45) is 5.07. The molecule has 2 saturated heterocycles. The van der Waals surface area contributed by atoms with Crippen LogP contribution in [0.1, 0.15) is 59.3 Å². The third kappa shape index (κ3) is 2.53.